The average Bonchev–Trinajstić information content (AvgIpc) is 0.784. The summed E-state index contributed by atoms with van der Waals surface area (Å²) in [6.45, 7) is 18.4. The fourth-order valence-corrected chi connectivity index (χ4v) is 13.3. The number of benzene rings is 6. The molecule has 6 N–H and O–H groups in total. The predicted octanol–water partition coefficient (Wildman–Crippen LogP) is 16.9. The van der Waals surface area contributed by atoms with Crippen LogP contribution in [0.1, 0.15) is 126 Å². The van der Waals surface area contributed by atoms with Crippen LogP contribution in [-0.2, 0) is 51.3 Å². The number of nitrogen functional groups attached to an aromatic ring is 2. The van der Waals surface area contributed by atoms with Crippen LogP contribution in [0.4, 0.5) is 75.4 Å². The van der Waals surface area contributed by atoms with Crippen molar-refractivity contribution in [1.82, 2.24) is 0 Å². The van der Waals surface area contributed by atoms with E-state index < -0.39 is 159 Å². The normalized spacial score (nSPS) is 12.8. The van der Waals surface area contributed by atoms with Crippen LogP contribution in [0.25, 0.3) is 11.1 Å². The lowest BCUT2D eigenvalue weighted by Crippen LogP contribution is -2.56. The van der Waals surface area contributed by atoms with Crippen LogP contribution in [0, 0.1) is 0 Å². The third-order valence-corrected chi connectivity index (χ3v) is 17.2. The summed E-state index contributed by atoms with van der Waals surface area (Å²) in [6, 6.07) is 16.0. The summed E-state index contributed by atoms with van der Waals surface area (Å²) in [5.41, 5.74) is -0.530. The minimum atomic E-state index is -5.93. The summed E-state index contributed by atoms with van der Waals surface area (Å²) in [5.74, 6) is -9.03. The summed E-state index contributed by atoms with van der Waals surface area (Å²) < 4.78 is 247. The van der Waals surface area contributed by atoms with E-state index >= 15 is 52.7 Å². The molecule has 0 radical (unpaired) electrons. The number of carbonyl (C=O) groups is 2. The highest BCUT2D eigenvalue weighted by molar-refractivity contribution is 6.55. The number of hydrogen-bond donors (Lipinski definition) is 4. The van der Waals surface area contributed by atoms with Gasteiger partial charge in [0, 0.05) is 82.6 Å². The van der Waals surface area contributed by atoms with Gasteiger partial charge in [-0.3, -0.25) is 9.59 Å². The van der Waals surface area contributed by atoms with Crippen LogP contribution in [0.3, 0.4) is 0 Å². The van der Waals surface area contributed by atoms with Crippen molar-refractivity contribution in [3.05, 3.63) is 143 Å². The van der Waals surface area contributed by atoms with Crippen LogP contribution in [0.15, 0.2) is 109 Å². The Morgan fingerprint density at radius 3 is 0.833 bits per heavy atom. The summed E-state index contributed by atoms with van der Waals surface area (Å²) in [7, 11) is -9.34. The lowest BCUT2D eigenvalue weighted by Gasteiger charge is -2.33. The average molecular weight is 1320 g/mol. The lowest BCUT2D eigenvalue weighted by atomic mass is 9.94. The highest BCUT2D eigenvalue weighted by atomic mass is 28.4. The van der Waals surface area contributed by atoms with Gasteiger partial charge in [0.05, 0.1) is 22.3 Å². The van der Waals surface area contributed by atoms with E-state index in [9.17, 15) is 9.59 Å². The largest absolute Gasteiger partial charge is 0.750 e. The monoisotopic (exact) mass is 1320 g/mol. The first kappa shape index (κ1) is 71.5. The maximum Gasteiger partial charge on any atom is 0.750 e. The van der Waals surface area contributed by atoms with Gasteiger partial charge in [-0.2, -0.15) is 52.7 Å². The Kier molecular flexibility index (Phi) is 22.5. The molecular weight excluding hydrogens is 1250 g/mol. The summed E-state index contributed by atoms with van der Waals surface area (Å²) in [5, 5.41) is 5.04. The molecule has 0 saturated carbocycles. The zero-order chi connectivity index (χ0) is 67.2. The Balaban J connectivity index is 1.59. The van der Waals surface area contributed by atoms with Gasteiger partial charge in [0.25, 0.3) is 11.8 Å². The molecule has 6 aromatic carbocycles. The van der Waals surface area contributed by atoms with Gasteiger partial charge in [-0.15, -0.1) is 0 Å². The van der Waals surface area contributed by atoms with Crippen LogP contribution >= 0.6 is 0 Å². The Morgan fingerprint density at radius 2 is 0.611 bits per heavy atom. The van der Waals surface area contributed by atoms with Crippen molar-refractivity contribution in [2.75, 3.05) is 22.1 Å². The molecule has 2 amide bonds. The van der Waals surface area contributed by atoms with Crippen molar-refractivity contribution < 1.29 is 107 Å². The molecule has 30 heteroatoms. The molecule has 16 nitrogen and oxygen atoms in total. The van der Waals surface area contributed by atoms with Crippen molar-refractivity contribution in [3.63, 3.8) is 0 Å². The van der Waals surface area contributed by atoms with Gasteiger partial charge in [-0.1, -0.05) is 0 Å². The first-order valence-electron chi connectivity index (χ1n) is 27.6. The van der Waals surface area contributed by atoms with Crippen molar-refractivity contribution in [2.45, 2.75) is 144 Å². The van der Waals surface area contributed by atoms with E-state index in [-0.39, 0.29) is 46.8 Å². The topological polar surface area (TPSA) is 203 Å². The first-order chi connectivity index (χ1) is 41.6. The molecule has 0 aliphatic carbocycles. The smallest absolute Gasteiger partial charge is 0.476 e. The van der Waals surface area contributed by atoms with Gasteiger partial charge < -0.3 is 67.0 Å². The number of alkyl halides is 12. The molecule has 6 aromatic rings. The molecule has 0 fully saturated rings. The number of anilines is 4. The van der Waals surface area contributed by atoms with Crippen molar-refractivity contribution in [2.24, 2.45) is 0 Å². The zero-order valence-electron chi connectivity index (χ0n) is 50.4. The highest BCUT2D eigenvalue weighted by Gasteiger charge is 2.54. The van der Waals surface area contributed by atoms with E-state index in [2.05, 4.69) is 10.6 Å². The van der Waals surface area contributed by atoms with Crippen LogP contribution < -0.4 is 40.4 Å². The molecular formula is C60H66F12N4O12Si2. The number of amides is 2. The summed E-state index contributed by atoms with van der Waals surface area (Å²) >= 11 is 0. The molecule has 0 atom stereocenters. The molecule has 6 rings (SSSR count). The molecule has 490 valence electrons. The van der Waals surface area contributed by atoms with Gasteiger partial charge in [0.1, 0.15) is 0 Å². The molecule has 90 heavy (non-hydrogen) atoms. The fourth-order valence-electron chi connectivity index (χ4n) is 8.36. The van der Waals surface area contributed by atoms with Gasteiger partial charge >= 0.3 is 42.8 Å². The van der Waals surface area contributed by atoms with E-state index in [0.717, 1.165) is 36.4 Å². The molecule has 0 bridgehead atoms. The molecule has 0 spiro atoms. The SMILES string of the molecule is CC(C)O[Si](Oc1cc(NC(=O)c2ccc(N)cc2)ccc1Oc1c(C(F)(F)F)cc(-c2cc(C(F)(F)F)c(Oc3ccc(NC(=O)c4ccc(N)cc4)cc3O[Si](OC(C)C)(OC(C)C)OC(C)C)c(C(F)(F)F)c2)cc1C(F)(F)F)(OC(C)C)OC(C)C. The Bertz CT molecular complexity index is 3120. The van der Waals surface area contributed by atoms with Crippen LogP contribution in [0.2, 0.25) is 0 Å². The molecule has 0 aromatic heterocycles. The number of carbonyl (C=O) groups excluding carboxylic acids is 2. The van der Waals surface area contributed by atoms with Gasteiger partial charge in [0.2, 0.25) is 0 Å². The molecule has 0 saturated heterocycles. The Morgan fingerprint density at radius 1 is 0.367 bits per heavy atom. The number of halogens is 12. The van der Waals surface area contributed by atoms with Gasteiger partial charge in [-0.25, -0.2) is 0 Å². The van der Waals surface area contributed by atoms with Crippen molar-refractivity contribution in [3.8, 4) is 45.6 Å². The quantitative estimate of drug-likeness (QED) is 0.0239. The van der Waals surface area contributed by atoms with Crippen molar-refractivity contribution in [1.29, 1.82) is 0 Å². The molecule has 0 heterocycles. The molecule has 0 aliphatic rings. The highest BCUT2D eigenvalue weighted by Crippen LogP contribution is 2.53. The number of nitrogens with two attached hydrogens (primary N) is 2. The van der Waals surface area contributed by atoms with Gasteiger partial charge in [-0.05, 0) is 191 Å². The number of ether oxygens (including phenoxy) is 2. The maximum atomic E-state index is 15.6. The minimum Gasteiger partial charge on any atom is -0.476 e. The summed E-state index contributed by atoms with van der Waals surface area (Å²) in [4.78, 5) is 26.8. The number of nitrogens with one attached hydrogen (secondary N) is 2. The second-order valence-electron chi connectivity index (χ2n) is 21.7. The van der Waals surface area contributed by atoms with E-state index in [4.69, 9.17) is 56.3 Å². The number of rotatable bonds is 25. The van der Waals surface area contributed by atoms with Crippen LogP contribution in [-0.4, -0.2) is 66.5 Å². The number of hydrogen-bond acceptors (Lipinski definition) is 14. The second kappa shape index (κ2) is 28.3. The second-order valence-corrected chi connectivity index (χ2v) is 25.5. The lowest BCUT2D eigenvalue weighted by molar-refractivity contribution is -0.146. The third kappa shape index (κ3) is 19.2. The van der Waals surface area contributed by atoms with Crippen LogP contribution in [0.5, 0.6) is 34.5 Å². The Labute approximate surface area is 512 Å². The standard InChI is InChI=1S/C60H66F12N4O12Si2/c1-31(2)81-89(82-32(3)4,83-33(5)6)87-51-29-43(75-55(77)37-13-17-41(73)18-14-37)21-23-49(51)79-53-45(57(61,62)63)25-39(26-46(53)58(64,65)66)40-27-47(59(67,68)69)54(48(28-40)60(70,71)72)80-50-24-22-44(76-56(78)38-15-19-42(74)20-16-38)30-52(50)88-90(84-34(7)8,85-35(9)10)86-36(11)12/h13-36H,73-74H2,1-12H3,(H,75,77)(H,76,78). The van der Waals surface area contributed by atoms with Crippen molar-refractivity contribution >= 4 is 52.7 Å². The minimum absolute atomic E-state index is 0.0518. The Hall–Kier alpha value is -7.59. The predicted molar refractivity (Wildman–Crippen MR) is 313 cm³/mol. The summed E-state index contributed by atoms with van der Waals surface area (Å²) in [6.07, 6.45) is -28.4. The van der Waals surface area contributed by atoms with Gasteiger partial charge in [0.15, 0.2) is 34.5 Å². The van der Waals surface area contributed by atoms with E-state index in [1.165, 1.54) is 132 Å². The van der Waals surface area contributed by atoms with E-state index in [1.807, 2.05) is 0 Å². The first-order valence-corrected chi connectivity index (χ1v) is 30.9. The fraction of sp³-hybridized carbons (Fsp3) is 0.367. The maximum absolute atomic E-state index is 15.6. The third-order valence-electron chi connectivity index (χ3n) is 11.7. The molecule has 0 unspecified atom stereocenters. The zero-order valence-corrected chi connectivity index (χ0v) is 52.4. The van der Waals surface area contributed by atoms with E-state index in [0.29, 0.717) is 11.4 Å². The molecule has 0 aliphatic heterocycles. The van der Waals surface area contributed by atoms with E-state index in [1.54, 1.807) is 0 Å².